The number of ether oxygens (including phenoxy) is 1. The van der Waals surface area contributed by atoms with Gasteiger partial charge < -0.3 is 10.1 Å². The molecule has 2 heterocycles. The van der Waals surface area contributed by atoms with Crippen molar-refractivity contribution in [2.75, 3.05) is 33.3 Å². The van der Waals surface area contributed by atoms with Crippen LogP contribution in [0, 0.1) is 0 Å². The first kappa shape index (κ1) is 13.2. The van der Waals surface area contributed by atoms with Crippen LogP contribution in [0.25, 0.3) is 0 Å². The predicted molar refractivity (Wildman–Crippen MR) is 70.8 cm³/mol. The van der Waals surface area contributed by atoms with Crippen molar-refractivity contribution >= 4 is 22.9 Å². The van der Waals surface area contributed by atoms with Crippen molar-refractivity contribution in [3.63, 3.8) is 0 Å². The van der Waals surface area contributed by atoms with E-state index in [-0.39, 0.29) is 12.1 Å². The maximum Gasteiger partial charge on any atom is 0.114 e. The van der Waals surface area contributed by atoms with E-state index in [1.165, 1.54) is 0 Å². The lowest BCUT2D eigenvalue weighted by atomic mass is 10.1. The van der Waals surface area contributed by atoms with E-state index < -0.39 is 0 Å². The number of morpholine rings is 1. The third-order valence-corrected chi connectivity index (χ3v) is 4.13. The molecule has 96 valence electrons. The van der Waals surface area contributed by atoms with Gasteiger partial charge in [-0.25, -0.2) is 4.98 Å². The highest BCUT2D eigenvalue weighted by molar-refractivity contribution is 7.15. The zero-order valence-electron chi connectivity index (χ0n) is 10.1. The number of nitrogens with zero attached hydrogens (tertiary/aromatic N) is 2. The molecule has 1 N–H and O–H groups in total. The Morgan fingerprint density at radius 2 is 2.53 bits per heavy atom. The second-order valence-corrected chi connectivity index (χ2v) is 5.84. The Balaban J connectivity index is 2.12. The molecule has 0 spiro atoms. The summed E-state index contributed by atoms with van der Waals surface area (Å²) in [6.45, 7) is 5.62. The minimum atomic E-state index is 0.149. The first-order valence-corrected chi connectivity index (χ1v) is 7.05. The van der Waals surface area contributed by atoms with E-state index in [4.69, 9.17) is 16.3 Å². The Bertz CT molecular complexity index is 360. The maximum atomic E-state index is 5.96. The summed E-state index contributed by atoms with van der Waals surface area (Å²) >= 11 is 7.50. The SMILES string of the molecule is CCNCC1OCCN(C)C1c1ncc(Cl)s1. The molecule has 1 fully saturated rings. The van der Waals surface area contributed by atoms with E-state index in [0.29, 0.717) is 0 Å². The van der Waals surface area contributed by atoms with Gasteiger partial charge >= 0.3 is 0 Å². The Labute approximate surface area is 111 Å². The summed E-state index contributed by atoms with van der Waals surface area (Å²) in [6, 6.07) is 0.209. The standard InChI is InChI=1S/C11H18ClN3OS/c1-3-13-6-8-10(15(2)4-5-16-8)11-14-7-9(12)17-11/h7-8,10,13H,3-6H2,1-2H3. The van der Waals surface area contributed by atoms with Gasteiger partial charge in [-0.2, -0.15) is 0 Å². The van der Waals surface area contributed by atoms with E-state index in [0.717, 1.165) is 35.6 Å². The number of hydrogen-bond donors (Lipinski definition) is 1. The quantitative estimate of drug-likeness (QED) is 0.909. The third-order valence-electron chi connectivity index (χ3n) is 2.95. The number of rotatable bonds is 4. The molecular formula is C11H18ClN3OS. The van der Waals surface area contributed by atoms with Gasteiger partial charge in [0.2, 0.25) is 0 Å². The fourth-order valence-corrected chi connectivity index (χ4v) is 3.22. The van der Waals surface area contributed by atoms with Crippen LogP contribution in [0.15, 0.2) is 6.20 Å². The Kier molecular flexibility index (Phi) is 4.76. The second-order valence-electron chi connectivity index (χ2n) is 4.14. The Morgan fingerprint density at radius 3 is 3.18 bits per heavy atom. The lowest BCUT2D eigenvalue weighted by Crippen LogP contribution is -2.47. The van der Waals surface area contributed by atoms with Crippen molar-refractivity contribution in [1.29, 1.82) is 0 Å². The number of thiazole rings is 1. The average Bonchev–Trinajstić information content (AvgIpc) is 2.73. The molecule has 17 heavy (non-hydrogen) atoms. The van der Waals surface area contributed by atoms with Crippen molar-refractivity contribution in [2.45, 2.75) is 19.1 Å². The molecule has 2 unspecified atom stereocenters. The summed E-state index contributed by atoms with van der Waals surface area (Å²) in [5, 5.41) is 4.38. The highest BCUT2D eigenvalue weighted by Crippen LogP contribution is 2.32. The normalized spacial score (nSPS) is 26.3. The average molecular weight is 276 g/mol. The first-order chi connectivity index (χ1) is 8.22. The monoisotopic (exact) mass is 275 g/mol. The van der Waals surface area contributed by atoms with Crippen LogP contribution in [0.4, 0.5) is 0 Å². The van der Waals surface area contributed by atoms with Gasteiger partial charge in [-0.05, 0) is 13.6 Å². The molecule has 2 rings (SSSR count). The van der Waals surface area contributed by atoms with Gasteiger partial charge in [-0.1, -0.05) is 18.5 Å². The van der Waals surface area contributed by atoms with Crippen LogP contribution in [0.3, 0.4) is 0 Å². The highest BCUT2D eigenvalue weighted by atomic mass is 35.5. The zero-order chi connectivity index (χ0) is 12.3. The predicted octanol–water partition coefficient (Wildman–Crippen LogP) is 1.78. The van der Waals surface area contributed by atoms with Crippen molar-refractivity contribution in [1.82, 2.24) is 15.2 Å². The van der Waals surface area contributed by atoms with Gasteiger partial charge in [-0.15, -0.1) is 11.3 Å². The molecule has 2 atom stereocenters. The van der Waals surface area contributed by atoms with Gasteiger partial charge in [-0.3, -0.25) is 4.90 Å². The number of aromatic nitrogens is 1. The molecular weight excluding hydrogens is 258 g/mol. The molecule has 1 aromatic heterocycles. The Hall–Kier alpha value is -0.200. The number of likely N-dealkylation sites (N-methyl/N-ethyl adjacent to an activating group) is 2. The summed E-state index contributed by atoms with van der Waals surface area (Å²) in [6.07, 6.45) is 1.87. The van der Waals surface area contributed by atoms with Crippen molar-refractivity contribution in [2.24, 2.45) is 0 Å². The summed E-state index contributed by atoms with van der Waals surface area (Å²) in [7, 11) is 2.11. The second kappa shape index (κ2) is 6.11. The van der Waals surface area contributed by atoms with Gasteiger partial charge in [0.1, 0.15) is 9.34 Å². The lowest BCUT2D eigenvalue weighted by molar-refractivity contribution is -0.0612. The maximum absolute atomic E-state index is 5.96. The third kappa shape index (κ3) is 3.17. The molecule has 4 nitrogen and oxygen atoms in total. The zero-order valence-corrected chi connectivity index (χ0v) is 11.7. The van der Waals surface area contributed by atoms with E-state index in [9.17, 15) is 0 Å². The van der Waals surface area contributed by atoms with E-state index >= 15 is 0 Å². The molecule has 6 heteroatoms. The molecule has 1 saturated heterocycles. The Morgan fingerprint density at radius 1 is 1.71 bits per heavy atom. The van der Waals surface area contributed by atoms with Crippen molar-refractivity contribution in [3.05, 3.63) is 15.5 Å². The molecule has 1 aromatic rings. The van der Waals surface area contributed by atoms with Crippen LogP contribution in [-0.4, -0.2) is 49.3 Å². The van der Waals surface area contributed by atoms with Crippen molar-refractivity contribution in [3.8, 4) is 0 Å². The van der Waals surface area contributed by atoms with E-state index in [1.54, 1.807) is 17.5 Å². The fraction of sp³-hybridized carbons (Fsp3) is 0.727. The molecule has 0 aliphatic carbocycles. The van der Waals surface area contributed by atoms with Gasteiger partial charge in [0.15, 0.2) is 0 Å². The topological polar surface area (TPSA) is 37.4 Å². The summed E-state index contributed by atoms with van der Waals surface area (Å²) < 4.78 is 6.58. The summed E-state index contributed by atoms with van der Waals surface area (Å²) in [5.74, 6) is 0. The molecule has 0 bridgehead atoms. The van der Waals surface area contributed by atoms with E-state index in [1.807, 2.05) is 0 Å². The van der Waals surface area contributed by atoms with Crippen LogP contribution in [0.5, 0.6) is 0 Å². The highest BCUT2D eigenvalue weighted by Gasteiger charge is 2.33. The van der Waals surface area contributed by atoms with Gasteiger partial charge in [0.25, 0.3) is 0 Å². The van der Waals surface area contributed by atoms with Crippen LogP contribution in [0.2, 0.25) is 4.34 Å². The summed E-state index contributed by atoms with van der Waals surface area (Å²) in [5.41, 5.74) is 0. The lowest BCUT2D eigenvalue weighted by Gasteiger charge is -2.38. The number of halogens is 1. The van der Waals surface area contributed by atoms with Crippen LogP contribution >= 0.6 is 22.9 Å². The van der Waals surface area contributed by atoms with Crippen LogP contribution in [0.1, 0.15) is 18.0 Å². The van der Waals surface area contributed by atoms with Crippen LogP contribution in [-0.2, 0) is 4.74 Å². The van der Waals surface area contributed by atoms with E-state index in [2.05, 4.69) is 29.2 Å². The molecule has 0 aromatic carbocycles. The molecule has 1 aliphatic heterocycles. The fourth-order valence-electron chi connectivity index (χ4n) is 2.07. The molecule has 0 amide bonds. The molecule has 1 aliphatic rings. The van der Waals surface area contributed by atoms with Crippen molar-refractivity contribution < 1.29 is 4.74 Å². The summed E-state index contributed by atoms with van der Waals surface area (Å²) in [4.78, 5) is 6.68. The minimum Gasteiger partial charge on any atom is -0.373 e. The minimum absolute atomic E-state index is 0.149. The van der Waals surface area contributed by atoms with Gasteiger partial charge in [0, 0.05) is 13.1 Å². The number of hydrogen-bond acceptors (Lipinski definition) is 5. The molecule has 0 saturated carbocycles. The smallest absolute Gasteiger partial charge is 0.114 e. The first-order valence-electron chi connectivity index (χ1n) is 5.86. The van der Waals surface area contributed by atoms with Gasteiger partial charge in [0.05, 0.1) is 24.9 Å². The molecule has 0 radical (unpaired) electrons. The van der Waals surface area contributed by atoms with Crippen LogP contribution < -0.4 is 5.32 Å². The largest absolute Gasteiger partial charge is 0.373 e. The number of nitrogens with one attached hydrogen (secondary N) is 1.